The van der Waals surface area contributed by atoms with Crippen molar-refractivity contribution in [3.8, 4) is 17.6 Å². The number of nitriles is 1. The zero-order valence-electron chi connectivity index (χ0n) is 23.8. The average Bonchev–Trinajstić information content (AvgIpc) is 3.58. The van der Waals surface area contributed by atoms with Crippen molar-refractivity contribution >= 4 is 46.3 Å². The molecule has 0 saturated carbocycles. The maximum absolute atomic E-state index is 14.5. The molecule has 4 aromatic rings. The largest absolute Gasteiger partial charge is 0.519 e. The van der Waals surface area contributed by atoms with E-state index in [1.54, 1.807) is 6.07 Å². The van der Waals surface area contributed by atoms with Gasteiger partial charge in [0.05, 0.1) is 23.2 Å². The third kappa shape index (κ3) is 6.94. The Kier molecular flexibility index (Phi) is 9.11. The number of benzene rings is 3. The molecule has 2 heterocycles. The number of hydrogen-bond donors (Lipinski definition) is 1. The van der Waals surface area contributed by atoms with Crippen LogP contribution < -0.4 is 14.8 Å². The Labute approximate surface area is 260 Å². The Hall–Kier alpha value is -5.28. The van der Waals surface area contributed by atoms with Crippen LogP contribution in [0.5, 0.6) is 11.5 Å². The number of alkyl halides is 1. The molecule has 45 heavy (non-hydrogen) atoms. The molecule has 2 unspecified atom stereocenters. The highest BCUT2D eigenvalue weighted by molar-refractivity contribution is 6.30. The summed E-state index contributed by atoms with van der Waals surface area (Å²) in [4.78, 5) is 52.3. The Morgan fingerprint density at radius 3 is 2.49 bits per heavy atom. The molecular weight excluding hydrogens is 610 g/mol. The fraction of sp³-hybridized carbons (Fsp3) is 0.219. The number of nitrogens with one attached hydrogen (secondary N) is 1. The van der Waals surface area contributed by atoms with Gasteiger partial charge in [-0.2, -0.15) is 5.26 Å². The molecule has 1 aromatic heterocycles. The summed E-state index contributed by atoms with van der Waals surface area (Å²) in [6.07, 6.45) is -1.25. The smallest absolute Gasteiger partial charge is 0.395 e. The number of likely N-dealkylation sites (tertiary alicyclic amines) is 1. The lowest BCUT2D eigenvalue weighted by atomic mass is 10.1. The van der Waals surface area contributed by atoms with Crippen molar-refractivity contribution in [2.24, 2.45) is 0 Å². The lowest BCUT2D eigenvalue weighted by Gasteiger charge is -2.24. The van der Waals surface area contributed by atoms with Gasteiger partial charge in [0.25, 0.3) is 0 Å². The SMILES string of the molecule is CC(=O)c1cn(CC(=O)N2CC(F)CC2C(=O)NCc2cccc(Cl)c2F)c2ccc(OC(=O)Oc3ccc(C#N)cc3)cc12. The molecule has 2 atom stereocenters. The van der Waals surface area contributed by atoms with E-state index in [1.807, 2.05) is 6.07 Å². The molecule has 0 bridgehead atoms. The van der Waals surface area contributed by atoms with E-state index in [9.17, 15) is 28.0 Å². The van der Waals surface area contributed by atoms with Gasteiger partial charge in [0.1, 0.15) is 36.1 Å². The first-order chi connectivity index (χ1) is 21.5. The lowest BCUT2D eigenvalue weighted by molar-refractivity contribution is -0.139. The number of carbonyl (C=O) groups is 4. The van der Waals surface area contributed by atoms with Gasteiger partial charge in [0.15, 0.2) is 5.78 Å². The van der Waals surface area contributed by atoms with Crippen LogP contribution in [0.3, 0.4) is 0 Å². The predicted octanol–water partition coefficient (Wildman–Crippen LogP) is 5.34. The summed E-state index contributed by atoms with van der Waals surface area (Å²) in [5.74, 6) is -1.98. The van der Waals surface area contributed by atoms with Gasteiger partial charge in [-0.05, 0) is 55.5 Å². The van der Waals surface area contributed by atoms with Crippen LogP contribution in [0.2, 0.25) is 5.02 Å². The summed E-state index contributed by atoms with van der Waals surface area (Å²) < 4.78 is 40.6. The molecule has 1 aliphatic heterocycles. The quantitative estimate of drug-likeness (QED) is 0.157. The molecule has 13 heteroatoms. The minimum atomic E-state index is -1.44. The van der Waals surface area contributed by atoms with Crippen LogP contribution >= 0.6 is 11.6 Å². The highest BCUT2D eigenvalue weighted by atomic mass is 35.5. The van der Waals surface area contributed by atoms with E-state index in [4.69, 9.17) is 26.3 Å². The molecule has 3 aromatic carbocycles. The molecule has 0 spiro atoms. The lowest BCUT2D eigenvalue weighted by Crippen LogP contribution is -2.46. The average molecular weight is 635 g/mol. The van der Waals surface area contributed by atoms with Crippen molar-refractivity contribution in [2.75, 3.05) is 6.54 Å². The van der Waals surface area contributed by atoms with Crippen molar-refractivity contribution < 1.29 is 37.4 Å². The number of amides is 2. The van der Waals surface area contributed by atoms with E-state index in [0.717, 1.165) is 4.90 Å². The van der Waals surface area contributed by atoms with Crippen molar-refractivity contribution in [2.45, 2.75) is 38.6 Å². The van der Waals surface area contributed by atoms with Gasteiger partial charge >= 0.3 is 6.16 Å². The number of nitrogens with zero attached hydrogens (tertiary/aromatic N) is 3. The molecule has 2 amide bonds. The van der Waals surface area contributed by atoms with E-state index in [0.29, 0.717) is 16.5 Å². The second-order valence-electron chi connectivity index (χ2n) is 10.3. The van der Waals surface area contributed by atoms with Crippen LogP contribution in [0.25, 0.3) is 10.9 Å². The highest BCUT2D eigenvalue weighted by Crippen LogP contribution is 2.29. The normalized spacial score (nSPS) is 15.8. The number of carbonyl (C=O) groups excluding carboxylic acids is 4. The van der Waals surface area contributed by atoms with E-state index in [2.05, 4.69) is 5.32 Å². The molecule has 230 valence electrons. The number of halogens is 3. The molecule has 0 aliphatic carbocycles. The van der Waals surface area contributed by atoms with Gasteiger partial charge in [-0.15, -0.1) is 0 Å². The molecule has 0 radical (unpaired) electrons. The zero-order valence-corrected chi connectivity index (χ0v) is 24.5. The molecule has 1 saturated heterocycles. The van der Waals surface area contributed by atoms with Crippen LogP contribution in [0.15, 0.2) is 66.9 Å². The molecule has 1 fully saturated rings. The predicted molar refractivity (Wildman–Crippen MR) is 158 cm³/mol. The van der Waals surface area contributed by atoms with Gasteiger partial charge in [0, 0.05) is 41.2 Å². The summed E-state index contributed by atoms with van der Waals surface area (Å²) in [6.45, 7) is 0.520. The van der Waals surface area contributed by atoms with Crippen LogP contribution in [0.1, 0.15) is 34.8 Å². The van der Waals surface area contributed by atoms with Crippen molar-refractivity contribution in [1.82, 2.24) is 14.8 Å². The summed E-state index contributed by atoms with van der Waals surface area (Å²) in [6, 6.07) is 15.5. The topological polar surface area (TPSA) is 131 Å². The second-order valence-corrected chi connectivity index (χ2v) is 10.7. The first kappa shape index (κ1) is 31.2. The first-order valence-electron chi connectivity index (χ1n) is 13.7. The minimum absolute atomic E-state index is 0.0698. The number of rotatable bonds is 8. The van der Waals surface area contributed by atoms with E-state index in [-0.39, 0.29) is 59.5 Å². The Balaban J connectivity index is 1.30. The number of ether oxygens (including phenoxy) is 2. The summed E-state index contributed by atoms with van der Waals surface area (Å²) in [5, 5.41) is 11.7. The van der Waals surface area contributed by atoms with Crippen LogP contribution in [0, 0.1) is 17.1 Å². The Morgan fingerprint density at radius 1 is 1.07 bits per heavy atom. The van der Waals surface area contributed by atoms with E-state index >= 15 is 0 Å². The number of ketones is 1. The van der Waals surface area contributed by atoms with E-state index in [1.165, 1.54) is 72.3 Å². The van der Waals surface area contributed by atoms with Crippen LogP contribution in [-0.4, -0.2) is 52.0 Å². The fourth-order valence-electron chi connectivity index (χ4n) is 5.09. The number of Topliss-reactive ketones (excluding diaryl/α,β-unsaturated/α-hetero) is 1. The van der Waals surface area contributed by atoms with Crippen LogP contribution in [-0.2, 0) is 22.7 Å². The number of fused-ring (bicyclic) bond motifs is 1. The maximum atomic E-state index is 14.5. The maximum Gasteiger partial charge on any atom is 0.519 e. The van der Waals surface area contributed by atoms with Crippen molar-refractivity contribution in [3.63, 3.8) is 0 Å². The minimum Gasteiger partial charge on any atom is -0.395 e. The molecular formula is C32H25ClF2N4O6. The van der Waals surface area contributed by atoms with Gasteiger partial charge in [-0.1, -0.05) is 23.7 Å². The Bertz CT molecular complexity index is 1850. The summed E-state index contributed by atoms with van der Waals surface area (Å²) in [7, 11) is 0. The molecule has 1 N–H and O–H groups in total. The van der Waals surface area contributed by atoms with Gasteiger partial charge in [-0.3, -0.25) is 14.4 Å². The standard InChI is InChI=1S/C32H25ClF2N4O6/c1-18(40)25-16-38(27-10-9-23(12-24(25)27)45-32(43)44-22-7-5-19(13-36)6-8-22)17-29(41)39-15-21(34)11-28(39)31(42)37-14-20-3-2-4-26(33)30(20)35/h2-10,12,16,21,28H,11,14-15,17H2,1H3,(H,37,42). The van der Waals surface area contributed by atoms with Gasteiger partial charge in [0.2, 0.25) is 11.8 Å². The summed E-state index contributed by atoms with van der Waals surface area (Å²) >= 11 is 5.80. The van der Waals surface area contributed by atoms with Gasteiger partial charge < -0.3 is 24.3 Å². The highest BCUT2D eigenvalue weighted by Gasteiger charge is 2.39. The van der Waals surface area contributed by atoms with Crippen LogP contribution in [0.4, 0.5) is 13.6 Å². The number of aromatic nitrogens is 1. The molecule has 5 rings (SSSR count). The van der Waals surface area contributed by atoms with Crippen molar-refractivity contribution in [3.05, 3.63) is 94.4 Å². The Morgan fingerprint density at radius 2 is 1.78 bits per heavy atom. The number of hydrogen-bond acceptors (Lipinski definition) is 7. The van der Waals surface area contributed by atoms with Gasteiger partial charge in [-0.25, -0.2) is 13.6 Å². The molecule has 10 nitrogen and oxygen atoms in total. The second kappa shape index (κ2) is 13.2. The third-order valence-corrected chi connectivity index (χ3v) is 7.57. The third-order valence-electron chi connectivity index (χ3n) is 7.28. The van der Waals surface area contributed by atoms with Crippen molar-refractivity contribution in [1.29, 1.82) is 5.26 Å². The monoisotopic (exact) mass is 634 g/mol. The first-order valence-corrected chi connectivity index (χ1v) is 14.1. The molecule has 1 aliphatic rings. The summed E-state index contributed by atoms with van der Waals surface area (Å²) in [5.41, 5.74) is 1.23. The zero-order chi connectivity index (χ0) is 32.2. The van der Waals surface area contributed by atoms with E-state index < -0.39 is 36.0 Å². The fourth-order valence-corrected chi connectivity index (χ4v) is 5.29.